The van der Waals surface area contributed by atoms with Gasteiger partial charge in [-0.3, -0.25) is 4.42 Å². The van der Waals surface area contributed by atoms with Crippen LogP contribution in [-0.2, 0) is 6.42 Å². The van der Waals surface area contributed by atoms with Gasteiger partial charge >= 0.3 is 0 Å². The first kappa shape index (κ1) is 10.4. The zero-order valence-corrected chi connectivity index (χ0v) is 10.1. The van der Waals surface area contributed by atoms with Crippen molar-refractivity contribution in [1.82, 2.24) is 0 Å². The summed E-state index contributed by atoms with van der Waals surface area (Å²) < 4.78 is 1.74. The lowest BCUT2D eigenvalue weighted by atomic mass is 10.0. The highest BCUT2D eigenvalue weighted by Gasteiger charge is 2.18. The molecule has 1 nitrogen and oxygen atoms in total. The molecule has 1 heterocycles. The molecule has 2 aromatic rings. The summed E-state index contributed by atoms with van der Waals surface area (Å²) in [4.78, 5) is 0. The predicted molar refractivity (Wildman–Crippen MR) is 72.9 cm³/mol. The highest BCUT2D eigenvalue weighted by atomic mass is 35.5. The first-order valence-electron chi connectivity index (χ1n) is 5.65. The zero-order chi connectivity index (χ0) is 11.7. The second-order valence-electron chi connectivity index (χ2n) is 4.07. The molecule has 0 radical (unpaired) electrons. The van der Waals surface area contributed by atoms with Crippen LogP contribution in [0.1, 0.15) is 11.1 Å². The smallest absolute Gasteiger partial charge is 0.0617 e. The lowest BCUT2D eigenvalue weighted by molar-refractivity contribution is 1.19. The molecule has 2 heteroatoms. The molecule has 17 heavy (non-hydrogen) atoms. The molecule has 0 aromatic heterocycles. The van der Waals surface area contributed by atoms with Gasteiger partial charge in [-0.2, -0.15) is 0 Å². The summed E-state index contributed by atoms with van der Waals surface area (Å²) in [7, 11) is 0. The molecule has 1 aliphatic heterocycles. The third-order valence-corrected chi connectivity index (χ3v) is 3.36. The van der Waals surface area contributed by atoms with Crippen molar-refractivity contribution in [2.24, 2.45) is 0 Å². The highest BCUT2D eigenvalue weighted by Crippen LogP contribution is 2.35. The summed E-state index contributed by atoms with van der Waals surface area (Å²) in [6, 6.07) is 18.5. The van der Waals surface area contributed by atoms with Gasteiger partial charge in [0.2, 0.25) is 0 Å². The Morgan fingerprint density at radius 1 is 0.882 bits per heavy atom. The van der Waals surface area contributed by atoms with Crippen molar-refractivity contribution in [2.45, 2.75) is 6.42 Å². The van der Waals surface area contributed by atoms with Gasteiger partial charge in [0, 0.05) is 11.8 Å². The van der Waals surface area contributed by atoms with Gasteiger partial charge < -0.3 is 0 Å². The van der Waals surface area contributed by atoms with Crippen LogP contribution in [-0.4, -0.2) is 0 Å². The maximum Gasteiger partial charge on any atom is 0.0617 e. The number of fused-ring (bicyclic) bond motifs is 1. The molecule has 2 aromatic carbocycles. The van der Waals surface area contributed by atoms with E-state index in [1.165, 1.54) is 5.56 Å². The third-order valence-electron chi connectivity index (χ3n) is 3.00. The Kier molecular flexibility index (Phi) is 2.62. The maximum atomic E-state index is 6.41. The van der Waals surface area contributed by atoms with Gasteiger partial charge in [0.25, 0.3) is 0 Å². The van der Waals surface area contributed by atoms with Crippen molar-refractivity contribution in [3.8, 4) is 0 Å². The normalized spacial score (nSPS) is 14.2. The van der Waals surface area contributed by atoms with E-state index in [1.807, 2.05) is 30.3 Å². The number of hydrogen-bond donors (Lipinski definition) is 0. The first-order valence-corrected chi connectivity index (χ1v) is 5.99. The second-order valence-corrected chi connectivity index (χ2v) is 4.41. The minimum Gasteiger partial charge on any atom is -0.253 e. The number of anilines is 1. The largest absolute Gasteiger partial charge is 0.253 e. The first-order chi connectivity index (χ1) is 8.36. The fraction of sp³-hybridized carbons (Fsp3) is 0.0667. The average Bonchev–Trinajstić information content (AvgIpc) is 2.40. The van der Waals surface area contributed by atoms with Crippen molar-refractivity contribution in [3.63, 3.8) is 0 Å². The molecule has 0 unspecified atom stereocenters. The number of para-hydroxylation sites is 1. The van der Waals surface area contributed by atoms with Crippen molar-refractivity contribution < 1.29 is 0 Å². The summed E-state index contributed by atoms with van der Waals surface area (Å²) >= 11 is 6.41. The Hall–Kier alpha value is -1.73. The van der Waals surface area contributed by atoms with E-state index in [0.29, 0.717) is 0 Å². The van der Waals surface area contributed by atoms with Crippen molar-refractivity contribution in [2.75, 3.05) is 4.42 Å². The van der Waals surface area contributed by atoms with E-state index in [0.717, 1.165) is 23.4 Å². The van der Waals surface area contributed by atoms with Gasteiger partial charge in [-0.05, 0) is 23.6 Å². The van der Waals surface area contributed by atoms with Crippen LogP contribution in [0.25, 0.3) is 5.70 Å². The molecule has 0 aliphatic carbocycles. The Labute approximate surface area is 106 Å². The number of hydrogen-bond acceptors (Lipinski definition) is 1. The van der Waals surface area contributed by atoms with Gasteiger partial charge in [0.15, 0.2) is 0 Å². The lowest BCUT2D eigenvalue weighted by Gasteiger charge is -2.26. The van der Waals surface area contributed by atoms with E-state index in [4.69, 9.17) is 11.8 Å². The molecular formula is C15H12ClN. The fourth-order valence-electron chi connectivity index (χ4n) is 2.13. The minimum absolute atomic E-state index is 0.934. The summed E-state index contributed by atoms with van der Waals surface area (Å²) in [5, 5.41) is 0. The van der Waals surface area contributed by atoms with Crippen LogP contribution in [0.2, 0.25) is 0 Å². The molecular weight excluding hydrogens is 230 g/mol. The fourth-order valence-corrected chi connectivity index (χ4v) is 2.46. The summed E-state index contributed by atoms with van der Waals surface area (Å²) in [5.41, 5.74) is 4.56. The van der Waals surface area contributed by atoms with Crippen LogP contribution in [0, 0.1) is 0 Å². The molecule has 0 bridgehead atoms. The summed E-state index contributed by atoms with van der Waals surface area (Å²) in [6.45, 7) is 0. The molecule has 0 atom stereocenters. The van der Waals surface area contributed by atoms with E-state index >= 15 is 0 Å². The SMILES string of the molecule is ClN1C(c2ccccc2)=CCc2ccccc21. The van der Waals surface area contributed by atoms with E-state index in [9.17, 15) is 0 Å². The molecule has 0 amide bonds. The monoisotopic (exact) mass is 241 g/mol. The molecule has 0 saturated carbocycles. The lowest BCUT2D eigenvalue weighted by Crippen LogP contribution is -2.14. The topological polar surface area (TPSA) is 3.24 Å². The molecule has 1 aliphatic rings. The molecule has 0 spiro atoms. The number of rotatable bonds is 1. The van der Waals surface area contributed by atoms with Crippen molar-refractivity contribution in [3.05, 3.63) is 71.8 Å². The highest BCUT2D eigenvalue weighted by molar-refractivity contribution is 6.32. The predicted octanol–water partition coefficient (Wildman–Crippen LogP) is 4.24. The average molecular weight is 242 g/mol. The van der Waals surface area contributed by atoms with Crippen molar-refractivity contribution >= 4 is 23.2 Å². The Morgan fingerprint density at radius 2 is 1.59 bits per heavy atom. The van der Waals surface area contributed by atoms with Gasteiger partial charge in [0.05, 0.1) is 11.4 Å². The molecule has 84 valence electrons. The van der Waals surface area contributed by atoms with E-state index in [1.54, 1.807) is 4.42 Å². The van der Waals surface area contributed by atoms with Gasteiger partial charge in [-0.1, -0.05) is 54.6 Å². The minimum atomic E-state index is 0.934. The van der Waals surface area contributed by atoms with Crippen LogP contribution < -0.4 is 4.42 Å². The maximum absolute atomic E-state index is 6.41. The van der Waals surface area contributed by atoms with Gasteiger partial charge in [-0.25, -0.2) is 0 Å². The standard InChI is InChI=1S/C15H12ClN/c16-17-14-9-5-4-8-13(14)10-11-15(17)12-6-2-1-3-7-12/h1-9,11H,10H2. The summed E-state index contributed by atoms with van der Waals surface area (Å²) in [5.74, 6) is 0. The molecule has 0 fully saturated rings. The zero-order valence-electron chi connectivity index (χ0n) is 9.31. The molecule has 0 saturated heterocycles. The van der Waals surface area contributed by atoms with Crippen LogP contribution in [0.5, 0.6) is 0 Å². The molecule has 0 N–H and O–H groups in total. The second kappa shape index (κ2) is 4.27. The number of nitrogens with zero attached hydrogens (tertiary/aromatic N) is 1. The number of halogens is 1. The van der Waals surface area contributed by atoms with E-state index in [-0.39, 0.29) is 0 Å². The van der Waals surface area contributed by atoms with Crippen LogP contribution in [0.15, 0.2) is 60.7 Å². The number of benzene rings is 2. The Bertz CT molecular complexity index is 560. The van der Waals surface area contributed by atoms with Gasteiger partial charge in [0.1, 0.15) is 0 Å². The number of allylic oxidation sites excluding steroid dienone is 1. The van der Waals surface area contributed by atoms with E-state index in [2.05, 4.69) is 30.3 Å². The Balaban J connectivity index is 2.04. The van der Waals surface area contributed by atoms with Crippen LogP contribution in [0.4, 0.5) is 5.69 Å². The van der Waals surface area contributed by atoms with Crippen molar-refractivity contribution in [1.29, 1.82) is 0 Å². The van der Waals surface area contributed by atoms with Crippen LogP contribution >= 0.6 is 11.8 Å². The molecule has 3 rings (SSSR count). The Morgan fingerprint density at radius 3 is 2.41 bits per heavy atom. The van der Waals surface area contributed by atoms with Crippen LogP contribution in [0.3, 0.4) is 0 Å². The van der Waals surface area contributed by atoms with Gasteiger partial charge in [-0.15, -0.1) is 0 Å². The third kappa shape index (κ3) is 1.83. The summed E-state index contributed by atoms with van der Waals surface area (Å²) in [6.07, 6.45) is 3.11. The van der Waals surface area contributed by atoms with E-state index < -0.39 is 0 Å². The quantitative estimate of drug-likeness (QED) is 0.675.